The standard InChI is InChI=1S/C19H18N2O3/c22-19(10-13-5-6-14-7-8-20-16(14)9-13)21-11-15-12-23-17-3-1-2-4-18(17)24-15/h1-9,15,20H,10-12H2,(H,21,22). The molecule has 0 saturated carbocycles. The molecule has 1 aromatic heterocycles. The molecule has 5 heteroatoms. The first-order chi connectivity index (χ1) is 11.8. The van der Waals surface area contributed by atoms with Crippen LogP contribution in [0.15, 0.2) is 54.7 Å². The van der Waals surface area contributed by atoms with Gasteiger partial charge in [0.2, 0.25) is 5.91 Å². The second-order valence-corrected chi connectivity index (χ2v) is 5.88. The zero-order valence-corrected chi connectivity index (χ0v) is 13.1. The lowest BCUT2D eigenvalue weighted by Gasteiger charge is -2.26. The molecule has 0 aliphatic carbocycles. The van der Waals surface area contributed by atoms with Crippen molar-refractivity contribution in [2.24, 2.45) is 0 Å². The van der Waals surface area contributed by atoms with Crippen molar-refractivity contribution < 1.29 is 14.3 Å². The van der Waals surface area contributed by atoms with Gasteiger partial charge >= 0.3 is 0 Å². The van der Waals surface area contributed by atoms with E-state index >= 15 is 0 Å². The molecule has 2 N–H and O–H groups in total. The van der Waals surface area contributed by atoms with E-state index in [4.69, 9.17) is 9.47 Å². The number of para-hydroxylation sites is 2. The number of hydrogen-bond acceptors (Lipinski definition) is 3. The number of carbonyl (C=O) groups is 1. The molecular weight excluding hydrogens is 304 g/mol. The van der Waals surface area contributed by atoms with Crippen LogP contribution < -0.4 is 14.8 Å². The lowest BCUT2D eigenvalue weighted by atomic mass is 10.1. The Balaban J connectivity index is 1.32. The van der Waals surface area contributed by atoms with Gasteiger partial charge in [0.1, 0.15) is 12.7 Å². The monoisotopic (exact) mass is 322 g/mol. The number of fused-ring (bicyclic) bond motifs is 2. The van der Waals surface area contributed by atoms with E-state index in [2.05, 4.69) is 10.3 Å². The number of aromatic amines is 1. The Kier molecular flexibility index (Phi) is 3.83. The summed E-state index contributed by atoms with van der Waals surface area (Å²) in [6, 6.07) is 15.6. The highest BCUT2D eigenvalue weighted by Gasteiger charge is 2.21. The molecule has 4 rings (SSSR count). The summed E-state index contributed by atoms with van der Waals surface area (Å²) < 4.78 is 11.5. The maximum Gasteiger partial charge on any atom is 0.224 e. The maximum absolute atomic E-state index is 12.2. The van der Waals surface area contributed by atoms with Crippen LogP contribution in [0.4, 0.5) is 0 Å². The molecule has 24 heavy (non-hydrogen) atoms. The van der Waals surface area contributed by atoms with Crippen LogP contribution in [-0.2, 0) is 11.2 Å². The van der Waals surface area contributed by atoms with E-state index in [0.29, 0.717) is 19.6 Å². The van der Waals surface area contributed by atoms with Crippen molar-refractivity contribution in [1.82, 2.24) is 10.3 Å². The smallest absolute Gasteiger partial charge is 0.224 e. The van der Waals surface area contributed by atoms with Gasteiger partial charge in [-0.3, -0.25) is 4.79 Å². The van der Waals surface area contributed by atoms with Crippen molar-refractivity contribution >= 4 is 16.8 Å². The fourth-order valence-corrected chi connectivity index (χ4v) is 2.84. The molecule has 122 valence electrons. The third kappa shape index (κ3) is 3.06. The quantitative estimate of drug-likeness (QED) is 0.776. The van der Waals surface area contributed by atoms with Crippen LogP contribution in [0.5, 0.6) is 11.5 Å². The van der Waals surface area contributed by atoms with Crippen LogP contribution in [0.1, 0.15) is 5.56 Å². The number of amides is 1. The Morgan fingerprint density at radius 2 is 2.04 bits per heavy atom. The SMILES string of the molecule is O=C(Cc1ccc2cc[nH]c2c1)NCC1COc2ccccc2O1. The molecule has 0 radical (unpaired) electrons. The van der Waals surface area contributed by atoms with Crippen LogP contribution in [-0.4, -0.2) is 30.1 Å². The van der Waals surface area contributed by atoms with Crippen molar-refractivity contribution in [2.75, 3.05) is 13.2 Å². The van der Waals surface area contributed by atoms with Gasteiger partial charge < -0.3 is 19.8 Å². The van der Waals surface area contributed by atoms with Gasteiger partial charge in [-0.05, 0) is 35.2 Å². The third-order valence-corrected chi connectivity index (χ3v) is 4.08. The number of hydrogen-bond donors (Lipinski definition) is 2. The molecule has 1 unspecified atom stereocenters. The molecule has 5 nitrogen and oxygen atoms in total. The number of rotatable bonds is 4. The normalized spacial score (nSPS) is 16.1. The van der Waals surface area contributed by atoms with E-state index in [-0.39, 0.29) is 12.0 Å². The van der Waals surface area contributed by atoms with Crippen LogP contribution in [0.25, 0.3) is 10.9 Å². The summed E-state index contributed by atoms with van der Waals surface area (Å²) in [4.78, 5) is 15.3. The molecule has 2 aromatic carbocycles. The molecule has 2 heterocycles. The van der Waals surface area contributed by atoms with Crippen molar-refractivity contribution in [3.05, 3.63) is 60.3 Å². The minimum Gasteiger partial charge on any atom is -0.486 e. The van der Waals surface area contributed by atoms with Gasteiger partial charge in [-0.25, -0.2) is 0 Å². The zero-order valence-electron chi connectivity index (χ0n) is 13.1. The fraction of sp³-hybridized carbons (Fsp3) is 0.211. The van der Waals surface area contributed by atoms with Gasteiger partial charge in [0, 0.05) is 11.7 Å². The van der Waals surface area contributed by atoms with Crippen molar-refractivity contribution in [2.45, 2.75) is 12.5 Å². The fourth-order valence-electron chi connectivity index (χ4n) is 2.84. The zero-order chi connectivity index (χ0) is 16.4. The summed E-state index contributed by atoms with van der Waals surface area (Å²) in [5.41, 5.74) is 2.02. The Morgan fingerprint density at radius 1 is 1.17 bits per heavy atom. The number of H-pyrrole nitrogens is 1. The predicted octanol–water partition coefficient (Wildman–Crippen LogP) is 2.67. The van der Waals surface area contributed by atoms with E-state index in [9.17, 15) is 4.79 Å². The van der Waals surface area contributed by atoms with Crippen LogP contribution in [0, 0.1) is 0 Å². The highest BCUT2D eigenvalue weighted by atomic mass is 16.6. The maximum atomic E-state index is 12.2. The van der Waals surface area contributed by atoms with Gasteiger partial charge in [0.05, 0.1) is 13.0 Å². The van der Waals surface area contributed by atoms with Gasteiger partial charge in [-0.2, -0.15) is 0 Å². The molecular formula is C19H18N2O3. The molecule has 0 fully saturated rings. The minimum absolute atomic E-state index is 0.0247. The lowest BCUT2D eigenvalue weighted by Crippen LogP contribution is -2.41. The Bertz CT molecular complexity index is 872. The summed E-state index contributed by atoms with van der Waals surface area (Å²) in [6.45, 7) is 0.865. The van der Waals surface area contributed by atoms with Crippen molar-refractivity contribution in [3.63, 3.8) is 0 Å². The molecule has 1 atom stereocenters. The van der Waals surface area contributed by atoms with Gasteiger partial charge in [-0.1, -0.05) is 24.3 Å². The van der Waals surface area contributed by atoms with E-state index < -0.39 is 0 Å². The van der Waals surface area contributed by atoms with Crippen LogP contribution in [0.2, 0.25) is 0 Å². The topological polar surface area (TPSA) is 63.4 Å². The molecule has 3 aromatic rings. The number of ether oxygens (including phenoxy) is 2. The molecule has 0 bridgehead atoms. The van der Waals surface area contributed by atoms with Gasteiger partial charge in [0.15, 0.2) is 11.5 Å². The van der Waals surface area contributed by atoms with E-state index in [0.717, 1.165) is 28.0 Å². The molecule has 0 spiro atoms. The Hall–Kier alpha value is -2.95. The summed E-state index contributed by atoms with van der Waals surface area (Å²) in [6.07, 6.45) is 2.07. The second-order valence-electron chi connectivity index (χ2n) is 5.88. The number of carbonyl (C=O) groups excluding carboxylic acids is 1. The highest BCUT2D eigenvalue weighted by molar-refractivity contribution is 5.83. The van der Waals surface area contributed by atoms with E-state index in [1.807, 2.05) is 54.7 Å². The highest BCUT2D eigenvalue weighted by Crippen LogP contribution is 2.30. The van der Waals surface area contributed by atoms with E-state index in [1.54, 1.807) is 0 Å². The van der Waals surface area contributed by atoms with E-state index in [1.165, 1.54) is 0 Å². The van der Waals surface area contributed by atoms with Crippen LogP contribution >= 0.6 is 0 Å². The lowest BCUT2D eigenvalue weighted by molar-refractivity contribution is -0.120. The summed E-state index contributed by atoms with van der Waals surface area (Å²) >= 11 is 0. The molecule has 1 aliphatic rings. The van der Waals surface area contributed by atoms with Gasteiger partial charge in [0.25, 0.3) is 0 Å². The first-order valence-corrected chi connectivity index (χ1v) is 7.99. The van der Waals surface area contributed by atoms with Gasteiger partial charge in [-0.15, -0.1) is 0 Å². The molecule has 0 saturated heterocycles. The van der Waals surface area contributed by atoms with Crippen molar-refractivity contribution in [3.8, 4) is 11.5 Å². The summed E-state index contributed by atoms with van der Waals surface area (Å²) in [5, 5.41) is 4.06. The predicted molar refractivity (Wildman–Crippen MR) is 91.4 cm³/mol. The average Bonchev–Trinajstić information content (AvgIpc) is 3.07. The first kappa shape index (κ1) is 14.6. The Morgan fingerprint density at radius 3 is 2.96 bits per heavy atom. The van der Waals surface area contributed by atoms with Crippen LogP contribution in [0.3, 0.4) is 0 Å². The molecule has 1 aliphatic heterocycles. The second kappa shape index (κ2) is 6.28. The average molecular weight is 322 g/mol. The minimum atomic E-state index is -0.172. The van der Waals surface area contributed by atoms with Crippen molar-refractivity contribution in [1.29, 1.82) is 0 Å². The number of benzene rings is 2. The first-order valence-electron chi connectivity index (χ1n) is 7.99. The largest absolute Gasteiger partial charge is 0.486 e. The summed E-state index contributed by atoms with van der Waals surface area (Å²) in [5.74, 6) is 1.45. The molecule has 1 amide bonds. The number of nitrogens with one attached hydrogen (secondary N) is 2. The summed E-state index contributed by atoms with van der Waals surface area (Å²) in [7, 11) is 0. The third-order valence-electron chi connectivity index (χ3n) is 4.08. The Labute approximate surface area is 139 Å². The number of aromatic nitrogens is 1.